The minimum atomic E-state index is -0.287. The number of carbonyl (C=O) groups excluding carboxylic acids is 1. The van der Waals surface area contributed by atoms with Gasteiger partial charge in [-0.15, -0.1) is 0 Å². The molecular formula is C17H14N2O2S. The summed E-state index contributed by atoms with van der Waals surface area (Å²) in [7, 11) is 1.37. The van der Waals surface area contributed by atoms with Crippen LogP contribution in [0.4, 0.5) is 0 Å². The molecule has 5 heteroatoms. The summed E-state index contributed by atoms with van der Waals surface area (Å²) in [5.74, 6) is -0.0813. The lowest BCUT2D eigenvalue weighted by Gasteiger charge is -2.05. The predicted molar refractivity (Wildman–Crippen MR) is 87.7 cm³/mol. The van der Waals surface area contributed by atoms with Gasteiger partial charge in [0.25, 0.3) is 0 Å². The Labute approximate surface area is 132 Å². The second-order valence-corrected chi connectivity index (χ2v) is 5.59. The van der Waals surface area contributed by atoms with Gasteiger partial charge in [0, 0.05) is 11.8 Å². The van der Waals surface area contributed by atoms with Crippen molar-refractivity contribution in [1.29, 1.82) is 0 Å². The van der Waals surface area contributed by atoms with Gasteiger partial charge in [0.2, 0.25) is 0 Å². The van der Waals surface area contributed by atoms with Crippen molar-refractivity contribution in [2.45, 2.75) is 5.16 Å². The highest BCUT2D eigenvalue weighted by Crippen LogP contribution is 2.24. The lowest BCUT2D eigenvalue weighted by molar-refractivity contribution is -0.137. The van der Waals surface area contributed by atoms with Crippen molar-refractivity contribution in [3.63, 3.8) is 0 Å². The molecule has 22 heavy (non-hydrogen) atoms. The number of carbonyl (C=O) groups is 1. The minimum Gasteiger partial charge on any atom is -0.468 e. The molecule has 2 aromatic carbocycles. The summed E-state index contributed by atoms with van der Waals surface area (Å²) in [4.78, 5) is 19.9. The Morgan fingerprint density at radius 2 is 1.95 bits per heavy atom. The van der Waals surface area contributed by atoms with Crippen LogP contribution in [0.2, 0.25) is 0 Å². The van der Waals surface area contributed by atoms with Crippen molar-refractivity contribution in [1.82, 2.24) is 9.97 Å². The first-order valence-corrected chi connectivity index (χ1v) is 7.76. The van der Waals surface area contributed by atoms with Crippen molar-refractivity contribution in [2.24, 2.45) is 0 Å². The Morgan fingerprint density at radius 3 is 2.77 bits per heavy atom. The van der Waals surface area contributed by atoms with Crippen molar-refractivity contribution in [3.05, 3.63) is 54.7 Å². The number of fused-ring (bicyclic) bond motifs is 1. The van der Waals surface area contributed by atoms with Gasteiger partial charge < -0.3 is 4.74 Å². The molecule has 0 amide bonds. The van der Waals surface area contributed by atoms with Crippen LogP contribution in [-0.4, -0.2) is 28.8 Å². The summed E-state index contributed by atoms with van der Waals surface area (Å²) in [6.07, 6.45) is 1.71. The van der Waals surface area contributed by atoms with E-state index in [1.807, 2.05) is 24.3 Å². The average Bonchev–Trinajstić information content (AvgIpc) is 2.59. The molecule has 0 saturated heterocycles. The molecule has 4 nitrogen and oxygen atoms in total. The average molecular weight is 310 g/mol. The lowest BCUT2D eigenvalue weighted by atomic mass is 10.1. The van der Waals surface area contributed by atoms with Gasteiger partial charge in [-0.05, 0) is 22.9 Å². The number of thioether (sulfide) groups is 1. The van der Waals surface area contributed by atoms with Crippen LogP contribution in [0.25, 0.3) is 22.0 Å². The number of ether oxygens (including phenoxy) is 1. The molecule has 110 valence electrons. The molecule has 0 spiro atoms. The number of nitrogens with zero attached hydrogens (tertiary/aromatic N) is 2. The van der Waals surface area contributed by atoms with Crippen molar-refractivity contribution in [3.8, 4) is 11.3 Å². The molecule has 0 aliphatic heterocycles. The highest BCUT2D eigenvalue weighted by molar-refractivity contribution is 7.99. The number of aromatic nitrogens is 2. The van der Waals surface area contributed by atoms with Gasteiger partial charge >= 0.3 is 5.97 Å². The number of rotatable bonds is 4. The zero-order valence-electron chi connectivity index (χ0n) is 12.0. The Kier molecular flexibility index (Phi) is 4.34. The third-order valence-corrected chi connectivity index (χ3v) is 4.06. The van der Waals surface area contributed by atoms with Gasteiger partial charge in [0.15, 0.2) is 5.16 Å². The Morgan fingerprint density at radius 1 is 1.14 bits per heavy atom. The summed E-state index contributed by atoms with van der Waals surface area (Å²) in [6.45, 7) is 0. The maximum absolute atomic E-state index is 11.2. The largest absolute Gasteiger partial charge is 0.468 e. The Balaban J connectivity index is 1.88. The van der Waals surface area contributed by atoms with Crippen LogP contribution in [0.3, 0.4) is 0 Å². The predicted octanol–water partition coefficient (Wildman–Crippen LogP) is 3.56. The van der Waals surface area contributed by atoms with Crippen molar-refractivity contribution < 1.29 is 9.53 Å². The van der Waals surface area contributed by atoms with E-state index in [1.165, 1.54) is 29.6 Å². The van der Waals surface area contributed by atoms with E-state index < -0.39 is 0 Å². The highest BCUT2D eigenvalue weighted by atomic mass is 32.2. The maximum Gasteiger partial charge on any atom is 0.316 e. The molecule has 0 N–H and O–H groups in total. The van der Waals surface area contributed by atoms with Crippen LogP contribution in [0.1, 0.15) is 0 Å². The monoisotopic (exact) mass is 310 g/mol. The van der Waals surface area contributed by atoms with Gasteiger partial charge in [-0.3, -0.25) is 4.79 Å². The normalized spacial score (nSPS) is 10.6. The van der Waals surface area contributed by atoms with Crippen molar-refractivity contribution >= 4 is 28.5 Å². The van der Waals surface area contributed by atoms with Crippen LogP contribution >= 0.6 is 11.8 Å². The second kappa shape index (κ2) is 6.58. The smallest absolute Gasteiger partial charge is 0.316 e. The van der Waals surface area contributed by atoms with Crippen molar-refractivity contribution in [2.75, 3.05) is 12.9 Å². The van der Waals surface area contributed by atoms with Crippen LogP contribution in [0.15, 0.2) is 59.9 Å². The number of hydrogen-bond acceptors (Lipinski definition) is 5. The minimum absolute atomic E-state index is 0.206. The first-order chi connectivity index (χ1) is 10.8. The highest BCUT2D eigenvalue weighted by Gasteiger charge is 2.07. The van der Waals surface area contributed by atoms with Gasteiger partial charge in [-0.25, -0.2) is 9.97 Å². The number of hydrogen-bond donors (Lipinski definition) is 0. The number of methoxy groups -OCH3 is 1. The zero-order valence-corrected chi connectivity index (χ0v) is 12.8. The molecule has 0 radical (unpaired) electrons. The summed E-state index contributed by atoms with van der Waals surface area (Å²) in [5.41, 5.74) is 1.87. The Bertz CT molecular complexity index is 820. The molecule has 0 atom stereocenters. The van der Waals surface area contributed by atoms with Gasteiger partial charge in [-0.2, -0.15) is 0 Å². The molecule has 0 aliphatic rings. The molecular weight excluding hydrogens is 296 g/mol. The standard InChI is InChI=1S/C17H14N2O2S/c1-21-16(20)11-22-17-18-9-8-15(19-17)14-7-6-12-4-2-3-5-13(12)10-14/h2-10H,11H2,1H3. The Hall–Kier alpha value is -2.40. The lowest BCUT2D eigenvalue weighted by Crippen LogP contribution is -2.03. The zero-order chi connectivity index (χ0) is 15.4. The molecule has 3 aromatic rings. The third kappa shape index (κ3) is 3.26. The van der Waals surface area contributed by atoms with E-state index in [0.717, 1.165) is 11.3 Å². The fourth-order valence-electron chi connectivity index (χ4n) is 2.10. The van der Waals surface area contributed by atoms with Crippen LogP contribution in [-0.2, 0) is 9.53 Å². The molecule has 0 saturated carbocycles. The maximum atomic E-state index is 11.2. The quantitative estimate of drug-likeness (QED) is 0.419. The molecule has 1 aromatic heterocycles. The number of esters is 1. The van der Waals surface area contributed by atoms with Crippen LogP contribution in [0, 0.1) is 0 Å². The van der Waals surface area contributed by atoms with E-state index in [2.05, 4.69) is 39.0 Å². The van der Waals surface area contributed by atoms with E-state index in [0.29, 0.717) is 5.16 Å². The summed E-state index contributed by atoms with van der Waals surface area (Å²) < 4.78 is 4.62. The SMILES string of the molecule is COC(=O)CSc1nccc(-c2ccc3ccccc3c2)n1. The molecule has 0 aliphatic carbocycles. The van der Waals surface area contributed by atoms with E-state index in [4.69, 9.17) is 0 Å². The first kappa shape index (κ1) is 14.5. The van der Waals surface area contributed by atoms with E-state index in [1.54, 1.807) is 6.20 Å². The van der Waals surface area contributed by atoms with E-state index in [-0.39, 0.29) is 11.7 Å². The topological polar surface area (TPSA) is 52.1 Å². The summed E-state index contributed by atoms with van der Waals surface area (Å²) in [5, 5.41) is 2.93. The van der Waals surface area contributed by atoms with E-state index >= 15 is 0 Å². The molecule has 0 fully saturated rings. The molecule has 1 heterocycles. The first-order valence-electron chi connectivity index (χ1n) is 6.78. The fraction of sp³-hybridized carbons (Fsp3) is 0.118. The van der Waals surface area contributed by atoms with Crippen LogP contribution in [0.5, 0.6) is 0 Å². The number of benzene rings is 2. The third-order valence-electron chi connectivity index (χ3n) is 3.23. The van der Waals surface area contributed by atoms with Gasteiger partial charge in [0.05, 0.1) is 18.6 Å². The van der Waals surface area contributed by atoms with Gasteiger partial charge in [0.1, 0.15) is 0 Å². The molecule has 3 rings (SSSR count). The summed E-state index contributed by atoms with van der Waals surface area (Å²) in [6, 6.07) is 16.3. The molecule has 0 bridgehead atoms. The molecule has 0 unspecified atom stereocenters. The van der Waals surface area contributed by atoms with Gasteiger partial charge in [-0.1, -0.05) is 48.2 Å². The van der Waals surface area contributed by atoms with E-state index in [9.17, 15) is 4.79 Å². The second-order valence-electron chi connectivity index (χ2n) is 4.65. The summed E-state index contributed by atoms with van der Waals surface area (Å²) >= 11 is 1.27. The fourth-order valence-corrected chi connectivity index (χ4v) is 2.77. The van der Waals surface area contributed by atoms with Crippen LogP contribution < -0.4 is 0 Å².